The molecule has 0 bridgehead atoms. The average molecular weight is 345 g/mol. The van der Waals surface area contributed by atoms with Gasteiger partial charge < -0.3 is 10.6 Å². The lowest BCUT2D eigenvalue weighted by Crippen LogP contribution is -2.29. The van der Waals surface area contributed by atoms with Crippen molar-refractivity contribution in [3.63, 3.8) is 0 Å². The second-order valence-electron chi connectivity index (χ2n) is 5.91. The van der Waals surface area contributed by atoms with Gasteiger partial charge in [-0.15, -0.1) is 0 Å². The maximum atomic E-state index is 13.7. The molecule has 0 aliphatic heterocycles. The van der Waals surface area contributed by atoms with Crippen LogP contribution in [0.1, 0.15) is 24.3 Å². The summed E-state index contributed by atoms with van der Waals surface area (Å²) in [6, 6.07) is 7.00. The quantitative estimate of drug-likeness (QED) is 0.845. The molecule has 1 aliphatic rings. The number of carbonyl (C=O) groups excluding carboxylic acids is 2. The average Bonchev–Trinajstić information content (AvgIpc) is 3.36. The number of carbonyl (C=O) groups is 2. The molecule has 2 unspecified atom stereocenters. The third-order valence-corrected chi connectivity index (χ3v) is 4.11. The van der Waals surface area contributed by atoms with Crippen LogP contribution in [0.5, 0.6) is 0 Å². The summed E-state index contributed by atoms with van der Waals surface area (Å²) in [5, 5.41) is 5.32. The first kappa shape index (κ1) is 17.0. The minimum atomic E-state index is -0.628. The second-order valence-corrected chi connectivity index (χ2v) is 5.91. The van der Waals surface area contributed by atoms with Crippen LogP contribution in [0.3, 0.4) is 0 Å². The molecule has 5 nitrogen and oxygen atoms in total. The molecule has 1 saturated carbocycles. The predicted octanol–water partition coefficient (Wildman–Crippen LogP) is 2.61. The maximum Gasteiger partial charge on any atom is 0.226 e. The van der Waals surface area contributed by atoms with Crippen LogP contribution >= 0.6 is 0 Å². The van der Waals surface area contributed by atoms with Crippen molar-refractivity contribution in [1.29, 1.82) is 0 Å². The van der Waals surface area contributed by atoms with Crippen LogP contribution in [0.25, 0.3) is 0 Å². The molecule has 1 aromatic carbocycles. The van der Waals surface area contributed by atoms with E-state index in [4.69, 9.17) is 0 Å². The van der Waals surface area contributed by atoms with Gasteiger partial charge in [-0.3, -0.25) is 14.6 Å². The number of pyridine rings is 1. The summed E-state index contributed by atoms with van der Waals surface area (Å²) in [6.45, 7) is 0.165. The van der Waals surface area contributed by atoms with Gasteiger partial charge in [-0.2, -0.15) is 0 Å². The number of rotatable bonds is 6. The Labute approximate surface area is 143 Å². The molecule has 1 aliphatic carbocycles. The summed E-state index contributed by atoms with van der Waals surface area (Å²) in [6.07, 6.45) is 3.64. The van der Waals surface area contributed by atoms with Crippen LogP contribution < -0.4 is 10.6 Å². The van der Waals surface area contributed by atoms with Gasteiger partial charge in [0.1, 0.15) is 11.6 Å². The van der Waals surface area contributed by atoms with Crippen molar-refractivity contribution in [2.24, 2.45) is 5.92 Å². The Morgan fingerprint density at radius 2 is 1.80 bits per heavy atom. The number of hydrogen-bond donors (Lipinski definition) is 2. The molecule has 1 fully saturated rings. The molecular weight excluding hydrogens is 328 g/mol. The van der Waals surface area contributed by atoms with Gasteiger partial charge in [0.25, 0.3) is 0 Å². The summed E-state index contributed by atoms with van der Waals surface area (Å²) >= 11 is 0. The molecule has 2 amide bonds. The normalized spacial score (nSPS) is 18.5. The molecule has 0 saturated heterocycles. The van der Waals surface area contributed by atoms with Gasteiger partial charge in [-0.05, 0) is 30.7 Å². The molecule has 7 heteroatoms. The van der Waals surface area contributed by atoms with Gasteiger partial charge >= 0.3 is 0 Å². The molecular formula is C18H17F2N3O2. The van der Waals surface area contributed by atoms with Crippen molar-refractivity contribution in [3.05, 3.63) is 59.9 Å². The molecule has 3 rings (SSSR count). The lowest BCUT2D eigenvalue weighted by molar-refractivity contribution is -0.122. The fourth-order valence-corrected chi connectivity index (χ4v) is 2.76. The minimum Gasteiger partial charge on any atom is -0.355 e. The Kier molecular flexibility index (Phi) is 5.02. The van der Waals surface area contributed by atoms with Crippen molar-refractivity contribution in [2.75, 3.05) is 11.9 Å². The van der Waals surface area contributed by atoms with Crippen LogP contribution in [0.2, 0.25) is 0 Å². The summed E-state index contributed by atoms with van der Waals surface area (Å²) in [5.74, 6) is -2.67. The van der Waals surface area contributed by atoms with Gasteiger partial charge in [-0.25, -0.2) is 8.78 Å². The van der Waals surface area contributed by atoms with Gasteiger partial charge in [-0.1, -0.05) is 6.07 Å². The van der Waals surface area contributed by atoms with Crippen LogP contribution in [-0.2, 0) is 9.59 Å². The highest BCUT2D eigenvalue weighted by Gasteiger charge is 2.46. The van der Waals surface area contributed by atoms with E-state index in [1.54, 1.807) is 24.5 Å². The molecule has 2 N–H and O–H groups in total. The fourth-order valence-electron chi connectivity index (χ4n) is 2.76. The van der Waals surface area contributed by atoms with Gasteiger partial charge in [0.05, 0.1) is 0 Å². The number of hydrogen-bond acceptors (Lipinski definition) is 3. The molecule has 1 heterocycles. The first-order valence-corrected chi connectivity index (χ1v) is 7.97. The second kappa shape index (κ2) is 7.38. The first-order valence-electron chi connectivity index (χ1n) is 7.97. The van der Waals surface area contributed by atoms with E-state index in [1.807, 2.05) is 0 Å². The number of nitrogens with one attached hydrogen (secondary N) is 2. The molecule has 0 spiro atoms. The van der Waals surface area contributed by atoms with Gasteiger partial charge in [0.15, 0.2) is 0 Å². The summed E-state index contributed by atoms with van der Waals surface area (Å²) in [5.41, 5.74) is 0.599. The summed E-state index contributed by atoms with van der Waals surface area (Å²) < 4.78 is 27.4. The van der Waals surface area contributed by atoms with Crippen LogP contribution in [0, 0.1) is 17.6 Å². The predicted molar refractivity (Wildman–Crippen MR) is 87.7 cm³/mol. The SMILES string of the molecule is O=C(CCNC(=O)C1CC1c1c(F)cccc1F)Nc1ccncc1. The molecule has 1 aromatic heterocycles. The Morgan fingerprint density at radius 3 is 2.48 bits per heavy atom. The highest BCUT2D eigenvalue weighted by atomic mass is 19.1. The van der Waals surface area contributed by atoms with E-state index in [2.05, 4.69) is 15.6 Å². The molecule has 0 radical (unpaired) electrons. The Morgan fingerprint density at radius 1 is 1.12 bits per heavy atom. The van der Waals surface area contributed by atoms with E-state index >= 15 is 0 Å². The standard InChI is InChI=1S/C18H17F2N3O2/c19-14-2-1-3-15(20)17(14)12-10-13(12)18(25)22-9-6-16(24)23-11-4-7-21-8-5-11/h1-5,7-8,12-13H,6,9-10H2,(H,22,25)(H,21,23,24). The maximum absolute atomic E-state index is 13.7. The van der Waals surface area contributed by atoms with Crippen molar-refractivity contribution in [1.82, 2.24) is 10.3 Å². The molecule has 2 atom stereocenters. The fraction of sp³-hybridized carbons (Fsp3) is 0.278. The first-order chi connectivity index (χ1) is 12.1. The Bertz CT molecular complexity index is 763. The molecule has 130 valence electrons. The summed E-state index contributed by atoms with van der Waals surface area (Å²) in [4.78, 5) is 27.7. The number of anilines is 1. The van der Waals surface area contributed by atoms with Crippen molar-refractivity contribution >= 4 is 17.5 Å². The monoisotopic (exact) mass is 345 g/mol. The zero-order chi connectivity index (χ0) is 17.8. The van der Waals surface area contributed by atoms with Crippen molar-refractivity contribution in [3.8, 4) is 0 Å². The third-order valence-electron chi connectivity index (χ3n) is 4.11. The molecule has 25 heavy (non-hydrogen) atoms. The minimum absolute atomic E-state index is 0.0296. The van der Waals surface area contributed by atoms with E-state index in [1.165, 1.54) is 18.2 Å². The summed E-state index contributed by atoms with van der Waals surface area (Å²) in [7, 11) is 0. The van der Waals surface area contributed by atoms with Crippen LogP contribution in [0.4, 0.5) is 14.5 Å². The van der Waals surface area contributed by atoms with E-state index in [0.717, 1.165) is 0 Å². The number of nitrogens with zero attached hydrogens (tertiary/aromatic N) is 1. The number of aromatic nitrogens is 1. The van der Waals surface area contributed by atoms with Gasteiger partial charge in [0, 0.05) is 48.4 Å². The highest BCUT2D eigenvalue weighted by molar-refractivity contribution is 5.91. The zero-order valence-corrected chi connectivity index (χ0v) is 13.3. The Hall–Kier alpha value is -2.83. The van der Waals surface area contributed by atoms with E-state index in [0.29, 0.717) is 12.1 Å². The topological polar surface area (TPSA) is 71.1 Å². The number of amides is 2. The zero-order valence-electron chi connectivity index (χ0n) is 13.3. The lowest BCUT2D eigenvalue weighted by atomic mass is 10.1. The van der Waals surface area contributed by atoms with Gasteiger partial charge in [0.2, 0.25) is 11.8 Å². The van der Waals surface area contributed by atoms with E-state index in [-0.39, 0.29) is 30.3 Å². The highest BCUT2D eigenvalue weighted by Crippen LogP contribution is 2.49. The molecule has 2 aromatic rings. The van der Waals surface area contributed by atoms with E-state index < -0.39 is 23.5 Å². The smallest absolute Gasteiger partial charge is 0.226 e. The van der Waals surface area contributed by atoms with Crippen molar-refractivity contribution in [2.45, 2.75) is 18.8 Å². The number of benzene rings is 1. The van der Waals surface area contributed by atoms with E-state index in [9.17, 15) is 18.4 Å². The largest absolute Gasteiger partial charge is 0.355 e. The third kappa shape index (κ3) is 4.17. The number of halogens is 2. The van der Waals surface area contributed by atoms with Crippen LogP contribution in [0.15, 0.2) is 42.7 Å². The van der Waals surface area contributed by atoms with Crippen molar-refractivity contribution < 1.29 is 18.4 Å². The lowest BCUT2D eigenvalue weighted by Gasteiger charge is -2.07. The Balaban J connectivity index is 1.44. The van der Waals surface area contributed by atoms with Crippen LogP contribution in [-0.4, -0.2) is 23.3 Å².